The van der Waals surface area contributed by atoms with Crippen LogP contribution in [0.3, 0.4) is 0 Å². The van der Waals surface area contributed by atoms with E-state index in [1.54, 1.807) is 0 Å². The molecule has 1 unspecified atom stereocenters. The molecule has 0 aliphatic rings. The van der Waals surface area contributed by atoms with E-state index in [1.807, 2.05) is 45.0 Å². The van der Waals surface area contributed by atoms with Crippen LogP contribution < -0.4 is 15.8 Å². The van der Waals surface area contributed by atoms with Gasteiger partial charge in [-0.1, -0.05) is 19.1 Å². The molecule has 1 rings (SSSR count). The summed E-state index contributed by atoms with van der Waals surface area (Å²) in [5.74, 6) is 0.607. The van der Waals surface area contributed by atoms with E-state index in [9.17, 15) is 4.79 Å². The molecule has 0 heterocycles. The molecule has 0 fully saturated rings. The molecule has 4 heteroatoms. The normalized spacial score (nSPS) is 12.3. The second-order valence-electron chi connectivity index (χ2n) is 4.58. The monoisotopic (exact) mass is 250 g/mol. The van der Waals surface area contributed by atoms with Gasteiger partial charge in [0.15, 0.2) is 0 Å². The van der Waals surface area contributed by atoms with Gasteiger partial charge in [0.2, 0.25) is 5.91 Å². The summed E-state index contributed by atoms with van der Waals surface area (Å²) >= 11 is 0. The van der Waals surface area contributed by atoms with Crippen molar-refractivity contribution in [2.75, 3.05) is 5.32 Å². The predicted octanol–water partition coefficient (Wildman–Crippen LogP) is 2.54. The predicted molar refractivity (Wildman–Crippen MR) is 73.7 cm³/mol. The Morgan fingerprint density at radius 2 is 2.06 bits per heavy atom. The lowest BCUT2D eigenvalue weighted by atomic mass is 10.1. The van der Waals surface area contributed by atoms with E-state index < -0.39 is 0 Å². The van der Waals surface area contributed by atoms with Crippen molar-refractivity contribution in [2.45, 2.75) is 45.8 Å². The average Bonchev–Trinajstić information content (AvgIpc) is 2.30. The summed E-state index contributed by atoms with van der Waals surface area (Å²) in [4.78, 5) is 11.8. The van der Waals surface area contributed by atoms with Gasteiger partial charge in [0, 0.05) is 12.5 Å². The molecule has 100 valence electrons. The van der Waals surface area contributed by atoms with Crippen LogP contribution in [0, 0.1) is 0 Å². The molecular formula is C14H22N2O2. The Kier molecular flexibility index (Phi) is 5.65. The first kappa shape index (κ1) is 14.5. The largest absolute Gasteiger partial charge is 0.489 e. The topological polar surface area (TPSA) is 64.4 Å². The lowest BCUT2D eigenvalue weighted by Gasteiger charge is -2.15. The number of carbonyl (C=O) groups is 1. The SMILES string of the molecule is CCC(N)CC(=O)Nc1ccccc1OC(C)C. The van der Waals surface area contributed by atoms with Crippen LogP contribution in [0.5, 0.6) is 5.75 Å². The maximum atomic E-state index is 11.8. The second kappa shape index (κ2) is 7.01. The molecule has 0 bridgehead atoms. The molecule has 0 radical (unpaired) electrons. The molecular weight excluding hydrogens is 228 g/mol. The molecule has 18 heavy (non-hydrogen) atoms. The van der Waals surface area contributed by atoms with Crippen molar-refractivity contribution in [3.63, 3.8) is 0 Å². The van der Waals surface area contributed by atoms with Crippen LogP contribution in [0.1, 0.15) is 33.6 Å². The zero-order valence-electron chi connectivity index (χ0n) is 11.3. The van der Waals surface area contributed by atoms with Crippen LogP contribution in [-0.2, 0) is 4.79 Å². The summed E-state index contributed by atoms with van der Waals surface area (Å²) in [5, 5.41) is 2.84. The maximum absolute atomic E-state index is 11.8. The Morgan fingerprint density at radius 3 is 2.67 bits per heavy atom. The second-order valence-corrected chi connectivity index (χ2v) is 4.58. The Balaban J connectivity index is 2.68. The first-order valence-electron chi connectivity index (χ1n) is 6.34. The van der Waals surface area contributed by atoms with Crippen molar-refractivity contribution in [1.29, 1.82) is 0 Å². The van der Waals surface area contributed by atoms with E-state index in [0.717, 1.165) is 6.42 Å². The third-order valence-corrected chi connectivity index (χ3v) is 2.50. The number of benzene rings is 1. The number of amides is 1. The van der Waals surface area contributed by atoms with Gasteiger partial charge in [0.05, 0.1) is 11.8 Å². The number of para-hydroxylation sites is 2. The first-order valence-corrected chi connectivity index (χ1v) is 6.34. The van der Waals surface area contributed by atoms with E-state index in [4.69, 9.17) is 10.5 Å². The van der Waals surface area contributed by atoms with Gasteiger partial charge in [-0.2, -0.15) is 0 Å². The summed E-state index contributed by atoms with van der Waals surface area (Å²) < 4.78 is 5.63. The Labute approximate surface area is 109 Å². The number of carbonyl (C=O) groups excluding carboxylic acids is 1. The molecule has 0 saturated carbocycles. The number of nitrogens with two attached hydrogens (primary N) is 1. The van der Waals surface area contributed by atoms with Crippen LogP contribution in [0.2, 0.25) is 0 Å². The lowest BCUT2D eigenvalue weighted by Crippen LogP contribution is -2.26. The minimum atomic E-state index is -0.0943. The number of hydrogen-bond donors (Lipinski definition) is 2. The van der Waals surface area contributed by atoms with Crippen LogP contribution in [0.15, 0.2) is 24.3 Å². The molecule has 1 aromatic rings. The highest BCUT2D eigenvalue weighted by Gasteiger charge is 2.11. The first-order chi connectivity index (χ1) is 8.52. The molecule has 3 N–H and O–H groups in total. The number of hydrogen-bond acceptors (Lipinski definition) is 3. The summed E-state index contributed by atoms with van der Waals surface area (Å²) in [6.07, 6.45) is 1.19. The van der Waals surface area contributed by atoms with Crippen molar-refractivity contribution in [2.24, 2.45) is 5.73 Å². The summed E-state index contributed by atoms with van der Waals surface area (Å²) in [7, 11) is 0. The maximum Gasteiger partial charge on any atom is 0.226 e. The Hall–Kier alpha value is -1.55. The fourth-order valence-corrected chi connectivity index (χ4v) is 1.51. The Bertz CT molecular complexity index is 391. The van der Waals surface area contributed by atoms with Crippen molar-refractivity contribution < 1.29 is 9.53 Å². The van der Waals surface area contributed by atoms with Crippen LogP contribution >= 0.6 is 0 Å². The highest BCUT2D eigenvalue weighted by molar-refractivity contribution is 5.92. The smallest absolute Gasteiger partial charge is 0.226 e. The molecule has 1 amide bonds. The van der Waals surface area contributed by atoms with Gasteiger partial charge in [-0.25, -0.2) is 0 Å². The number of rotatable bonds is 6. The third-order valence-electron chi connectivity index (χ3n) is 2.50. The zero-order chi connectivity index (χ0) is 13.5. The van der Waals surface area contributed by atoms with E-state index in [2.05, 4.69) is 5.32 Å². The summed E-state index contributed by atoms with van der Waals surface area (Å²) in [6.45, 7) is 5.87. The molecule has 0 saturated heterocycles. The van der Waals surface area contributed by atoms with Crippen molar-refractivity contribution in [3.8, 4) is 5.75 Å². The van der Waals surface area contributed by atoms with Crippen LogP contribution in [-0.4, -0.2) is 18.1 Å². The average molecular weight is 250 g/mol. The van der Waals surface area contributed by atoms with E-state index >= 15 is 0 Å². The van der Waals surface area contributed by atoms with Crippen LogP contribution in [0.25, 0.3) is 0 Å². The number of anilines is 1. The van der Waals surface area contributed by atoms with E-state index in [0.29, 0.717) is 17.9 Å². The minimum Gasteiger partial charge on any atom is -0.489 e. The van der Waals surface area contributed by atoms with Gasteiger partial charge in [0.1, 0.15) is 5.75 Å². The van der Waals surface area contributed by atoms with Crippen molar-refractivity contribution in [3.05, 3.63) is 24.3 Å². The van der Waals surface area contributed by atoms with E-state index in [1.165, 1.54) is 0 Å². The molecule has 0 aliphatic heterocycles. The van der Waals surface area contributed by atoms with Gasteiger partial charge < -0.3 is 15.8 Å². The molecule has 0 spiro atoms. The van der Waals surface area contributed by atoms with Gasteiger partial charge in [0.25, 0.3) is 0 Å². The molecule has 1 aromatic carbocycles. The zero-order valence-corrected chi connectivity index (χ0v) is 11.3. The Morgan fingerprint density at radius 1 is 1.39 bits per heavy atom. The molecule has 0 aliphatic carbocycles. The summed E-state index contributed by atoms with van der Waals surface area (Å²) in [5.41, 5.74) is 6.45. The third kappa shape index (κ3) is 4.75. The van der Waals surface area contributed by atoms with Crippen LogP contribution in [0.4, 0.5) is 5.69 Å². The standard InChI is InChI=1S/C14H22N2O2/c1-4-11(15)9-14(17)16-12-7-5-6-8-13(12)18-10(2)3/h5-8,10-11H,4,9,15H2,1-3H3,(H,16,17). The fraction of sp³-hybridized carbons (Fsp3) is 0.500. The molecule has 1 atom stereocenters. The fourth-order valence-electron chi connectivity index (χ4n) is 1.51. The number of nitrogens with one attached hydrogen (secondary N) is 1. The lowest BCUT2D eigenvalue weighted by molar-refractivity contribution is -0.116. The van der Waals surface area contributed by atoms with Crippen molar-refractivity contribution >= 4 is 11.6 Å². The van der Waals surface area contributed by atoms with Gasteiger partial charge in [-0.3, -0.25) is 4.79 Å². The summed E-state index contributed by atoms with van der Waals surface area (Å²) in [6, 6.07) is 7.32. The quantitative estimate of drug-likeness (QED) is 0.815. The molecule has 0 aromatic heterocycles. The highest BCUT2D eigenvalue weighted by Crippen LogP contribution is 2.25. The van der Waals surface area contributed by atoms with E-state index in [-0.39, 0.29) is 18.1 Å². The van der Waals surface area contributed by atoms with Gasteiger partial charge in [-0.15, -0.1) is 0 Å². The van der Waals surface area contributed by atoms with Crippen molar-refractivity contribution in [1.82, 2.24) is 0 Å². The van der Waals surface area contributed by atoms with Gasteiger partial charge in [-0.05, 0) is 32.4 Å². The highest BCUT2D eigenvalue weighted by atomic mass is 16.5. The minimum absolute atomic E-state index is 0.0703. The number of ether oxygens (including phenoxy) is 1. The molecule has 4 nitrogen and oxygen atoms in total. The van der Waals surface area contributed by atoms with Gasteiger partial charge >= 0.3 is 0 Å².